The summed E-state index contributed by atoms with van der Waals surface area (Å²) in [6, 6.07) is 8.70. The second-order valence-corrected chi connectivity index (χ2v) is 7.34. The van der Waals surface area contributed by atoms with Gasteiger partial charge in [0.15, 0.2) is 5.76 Å². The van der Waals surface area contributed by atoms with Gasteiger partial charge in [-0.05, 0) is 31.0 Å². The molecule has 4 rings (SSSR count). The predicted molar refractivity (Wildman–Crippen MR) is 102 cm³/mol. The molecule has 2 aromatic heterocycles. The van der Waals surface area contributed by atoms with E-state index in [1.807, 2.05) is 0 Å². The van der Waals surface area contributed by atoms with Gasteiger partial charge in [-0.2, -0.15) is 0 Å². The van der Waals surface area contributed by atoms with E-state index in [9.17, 15) is 14.4 Å². The van der Waals surface area contributed by atoms with Gasteiger partial charge in [0.25, 0.3) is 11.5 Å². The highest BCUT2D eigenvalue weighted by molar-refractivity contribution is 5.91. The number of piperazine rings is 1. The molecule has 0 spiro atoms. The third-order valence-corrected chi connectivity index (χ3v) is 5.07. The largest absolute Gasteiger partial charge is 0.454 e. The molecule has 8 heteroatoms. The molecule has 0 radical (unpaired) electrons. The lowest BCUT2D eigenvalue weighted by atomic mass is 10.2. The number of nitrogens with one attached hydrogen (secondary N) is 1. The Bertz CT molecular complexity index is 907. The van der Waals surface area contributed by atoms with Crippen molar-refractivity contribution < 1.29 is 14.0 Å². The third kappa shape index (κ3) is 4.51. The zero-order valence-electron chi connectivity index (χ0n) is 15.7. The molecule has 0 bridgehead atoms. The summed E-state index contributed by atoms with van der Waals surface area (Å²) in [4.78, 5) is 40.2. The predicted octanol–water partition coefficient (Wildman–Crippen LogP) is 0.526. The van der Waals surface area contributed by atoms with E-state index in [4.69, 9.17) is 4.42 Å². The highest BCUT2D eigenvalue weighted by Crippen LogP contribution is 2.18. The van der Waals surface area contributed by atoms with Crippen molar-refractivity contribution >= 4 is 11.8 Å². The van der Waals surface area contributed by atoms with Crippen LogP contribution in [-0.4, -0.2) is 64.9 Å². The molecule has 3 heterocycles. The van der Waals surface area contributed by atoms with Crippen molar-refractivity contribution in [3.63, 3.8) is 0 Å². The maximum absolute atomic E-state index is 12.7. The maximum Gasteiger partial charge on any atom is 0.289 e. The molecule has 1 saturated heterocycles. The fourth-order valence-corrected chi connectivity index (χ4v) is 3.31. The van der Waals surface area contributed by atoms with Crippen LogP contribution in [0.25, 0.3) is 0 Å². The van der Waals surface area contributed by atoms with Crippen LogP contribution in [-0.2, 0) is 11.3 Å². The van der Waals surface area contributed by atoms with E-state index in [1.54, 1.807) is 35.4 Å². The summed E-state index contributed by atoms with van der Waals surface area (Å²) in [5.41, 5.74) is -0.117. The van der Waals surface area contributed by atoms with Gasteiger partial charge in [-0.25, -0.2) is 0 Å². The Hall–Kier alpha value is -2.87. The average Bonchev–Trinajstić information content (AvgIpc) is 3.38. The van der Waals surface area contributed by atoms with E-state index in [0.717, 1.165) is 12.8 Å². The van der Waals surface area contributed by atoms with E-state index in [1.165, 1.54) is 10.6 Å². The number of furan rings is 1. The van der Waals surface area contributed by atoms with Crippen LogP contribution in [0.3, 0.4) is 0 Å². The number of pyridine rings is 1. The number of nitrogens with zero attached hydrogens (tertiary/aromatic N) is 3. The van der Waals surface area contributed by atoms with Crippen molar-refractivity contribution in [2.75, 3.05) is 32.7 Å². The number of hydrogen-bond donors (Lipinski definition) is 1. The number of aromatic nitrogens is 1. The zero-order chi connectivity index (χ0) is 19.5. The molecule has 28 heavy (non-hydrogen) atoms. The number of carbonyl (C=O) groups excluding carboxylic acids is 2. The van der Waals surface area contributed by atoms with Gasteiger partial charge in [-0.15, -0.1) is 0 Å². The molecule has 1 N–H and O–H groups in total. The molecule has 0 aromatic carbocycles. The minimum absolute atomic E-state index is 0.0640. The zero-order valence-corrected chi connectivity index (χ0v) is 15.7. The van der Waals surface area contributed by atoms with Crippen LogP contribution in [0.1, 0.15) is 29.2 Å². The van der Waals surface area contributed by atoms with Gasteiger partial charge < -0.3 is 19.2 Å². The van der Waals surface area contributed by atoms with Crippen LogP contribution in [0.4, 0.5) is 0 Å². The first kappa shape index (κ1) is 18.5. The second kappa shape index (κ2) is 8.02. The highest BCUT2D eigenvalue weighted by atomic mass is 16.4. The Morgan fingerprint density at radius 2 is 1.86 bits per heavy atom. The fraction of sp³-hybridized carbons (Fsp3) is 0.450. The first-order chi connectivity index (χ1) is 13.6. The van der Waals surface area contributed by atoms with Crippen molar-refractivity contribution in [3.8, 4) is 0 Å². The summed E-state index contributed by atoms with van der Waals surface area (Å²) in [6.07, 6.45) is 3.85. The lowest BCUT2D eigenvalue weighted by Crippen LogP contribution is -2.51. The molecule has 148 valence electrons. The van der Waals surface area contributed by atoms with Crippen molar-refractivity contribution in [2.24, 2.45) is 0 Å². The molecule has 2 aliphatic rings. The van der Waals surface area contributed by atoms with E-state index in [-0.39, 0.29) is 29.7 Å². The number of hydrogen-bond acceptors (Lipinski definition) is 5. The molecule has 0 atom stereocenters. The van der Waals surface area contributed by atoms with Crippen LogP contribution < -0.4 is 10.9 Å². The molecule has 0 unspecified atom stereocenters. The smallest absolute Gasteiger partial charge is 0.289 e. The molecule has 1 saturated carbocycles. The lowest BCUT2D eigenvalue weighted by molar-refractivity contribution is -0.122. The number of rotatable bonds is 6. The van der Waals surface area contributed by atoms with Crippen LogP contribution in [0.2, 0.25) is 0 Å². The van der Waals surface area contributed by atoms with Crippen molar-refractivity contribution in [1.82, 2.24) is 19.7 Å². The van der Waals surface area contributed by atoms with Gasteiger partial charge >= 0.3 is 0 Å². The molecular formula is C20H24N4O4. The molecule has 2 amide bonds. The van der Waals surface area contributed by atoms with Crippen LogP contribution in [0.15, 0.2) is 45.7 Å². The molecule has 1 aliphatic heterocycles. The summed E-state index contributed by atoms with van der Waals surface area (Å²) in [5.74, 6) is 0.744. The monoisotopic (exact) mass is 384 g/mol. The number of carbonyl (C=O) groups is 2. The standard InChI is InChI=1S/C20H24N4O4/c25-18(21-15-4-5-15)14-22-9-11-23(12-10-22)20(27)17-7-6-16(28-17)13-24-8-2-1-3-19(24)26/h1-3,6-8,15H,4-5,9-14H2,(H,21,25). The van der Waals surface area contributed by atoms with E-state index in [2.05, 4.69) is 10.2 Å². The highest BCUT2D eigenvalue weighted by Gasteiger charge is 2.27. The first-order valence-electron chi connectivity index (χ1n) is 9.64. The van der Waals surface area contributed by atoms with E-state index >= 15 is 0 Å². The SMILES string of the molecule is O=C(CN1CCN(C(=O)c2ccc(Cn3ccccc3=O)o2)CC1)NC1CC1. The summed E-state index contributed by atoms with van der Waals surface area (Å²) < 4.78 is 7.20. The topological polar surface area (TPSA) is 87.8 Å². The molecule has 2 fully saturated rings. The van der Waals surface area contributed by atoms with Crippen LogP contribution in [0, 0.1) is 0 Å². The first-order valence-corrected chi connectivity index (χ1v) is 9.64. The van der Waals surface area contributed by atoms with Gasteiger partial charge in [0.2, 0.25) is 5.91 Å². The van der Waals surface area contributed by atoms with E-state index in [0.29, 0.717) is 44.5 Å². The van der Waals surface area contributed by atoms with Crippen LogP contribution >= 0.6 is 0 Å². The van der Waals surface area contributed by atoms with Crippen molar-refractivity contribution in [3.05, 3.63) is 58.4 Å². The lowest BCUT2D eigenvalue weighted by Gasteiger charge is -2.33. The van der Waals surface area contributed by atoms with Gasteiger partial charge in [0.1, 0.15) is 5.76 Å². The summed E-state index contributed by atoms with van der Waals surface area (Å²) >= 11 is 0. The average molecular weight is 384 g/mol. The molecule has 2 aromatic rings. The third-order valence-electron chi connectivity index (χ3n) is 5.07. The molecular weight excluding hydrogens is 360 g/mol. The maximum atomic E-state index is 12.7. The van der Waals surface area contributed by atoms with Crippen molar-refractivity contribution in [1.29, 1.82) is 0 Å². The Kier molecular flexibility index (Phi) is 5.29. The van der Waals surface area contributed by atoms with E-state index < -0.39 is 0 Å². The summed E-state index contributed by atoms with van der Waals surface area (Å²) in [5, 5.41) is 2.99. The number of amides is 2. The van der Waals surface area contributed by atoms with Gasteiger partial charge in [-0.1, -0.05) is 6.07 Å². The summed E-state index contributed by atoms with van der Waals surface area (Å²) in [7, 11) is 0. The minimum atomic E-state index is -0.159. The fourth-order valence-electron chi connectivity index (χ4n) is 3.31. The second-order valence-electron chi connectivity index (χ2n) is 7.34. The van der Waals surface area contributed by atoms with Gasteiger partial charge in [-0.3, -0.25) is 19.3 Å². The quantitative estimate of drug-likeness (QED) is 0.785. The summed E-state index contributed by atoms with van der Waals surface area (Å²) in [6.45, 7) is 3.12. The molecule has 8 nitrogen and oxygen atoms in total. The minimum Gasteiger partial charge on any atom is -0.454 e. The Morgan fingerprint density at radius 3 is 2.57 bits per heavy atom. The van der Waals surface area contributed by atoms with Crippen LogP contribution in [0.5, 0.6) is 0 Å². The Labute approximate surface area is 162 Å². The Balaban J connectivity index is 1.29. The van der Waals surface area contributed by atoms with Gasteiger partial charge in [0, 0.05) is 44.5 Å². The molecule has 1 aliphatic carbocycles. The normalized spacial score (nSPS) is 17.5. The van der Waals surface area contributed by atoms with Gasteiger partial charge in [0.05, 0.1) is 13.1 Å². The van der Waals surface area contributed by atoms with Crippen molar-refractivity contribution in [2.45, 2.75) is 25.4 Å². The Morgan fingerprint density at radius 1 is 1.07 bits per heavy atom.